The van der Waals surface area contributed by atoms with Crippen LogP contribution in [-0.4, -0.2) is 20.5 Å². The van der Waals surface area contributed by atoms with Gasteiger partial charge in [-0.15, -0.1) is 0 Å². The Bertz CT molecular complexity index is 836. The van der Waals surface area contributed by atoms with E-state index >= 15 is 0 Å². The van der Waals surface area contributed by atoms with E-state index in [-0.39, 0.29) is 11.8 Å². The number of halogens is 1. The third-order valence-electron chi connectivity index (χ3n) is 3.47. The Kier molecular flexibility index (Phi) is 2.87. The van der Waals surface area contributed by atoms with Crippen molar-refractivity contribution in [2.24, 2.45) is 0 Å². The van der Waals surface area contributed by atoms with Crippen molar-refractivity contribution in [3.05, 3.63) is 40.9 Å². The van der Waals surface area contributed by atoms with Crippen molar-refractivity contribution < 1.29 is 9.84 Å². The summed E-state index contributed by atoms with van der Waals surface area (Å²) in [7, 11) is 0. The molecule has 7 heteroatoms. The van der Waals surface area contributed by atoms with Crippen LogP contribution in [0.25, 0.3) is 11.0 Å². The zero-order valence-electron chi connectivity index (χ0n) is 10.7. The molecule has 106 valence electrons. The van der Waals surface area contributed by atoms with E-state index in [0.29, 0.717) is 17.4 Å². The monoisotopic (exact) mass is 319 g/mol. The molecule has 1 atom stereocenters. The van der Waals surface area contributed by atoms with Crippen LogP contribution in [0.3, 0.4) is 0 Å². The average molecular weight is 320 g/mol. The van der Waals surface area contributed by atoms with Crippen molar-refractivity contribution in [3.63, 3.8) is 0 Å². The predicted molar refractivity (Wildman–Crippen MR) is 82.4 cm³/mol. The molecular weight excluding hydrogens is 310 g/mol. The van der Waals surface area contributed by atoms with Crippen molar-refractivity contribution in [1.29, 1.82) is 0 Å². The van der Waals surface area contributed by atoms with E-state index in [4.69, 9.17) is 16.3 Å². The SMILES string of the molecule is Oc1ccc2c(c1)OCC2Nc1c(Cl)ccc2nsnc12. The van der Waals surface area contributed by atoms with E-state index in [9.17, 15) is 5.11 Å². The first kappa shape index (κ1) is 12.7. The van der Waals surface area contributed by atoms with Crippen molar-refractivity contribution in [2.75, 3.05) is 11.9 Å². The van der Waals surface area contributed by atoms with Gasteiger partial charge in [-0.3, -0.25) is 0 Å². The molecule has 1 aliphatic rings. The summed E-state index contributed by atoms with van der Waals surface area (Å²) < 4.78 is 14.1. The first-order valence-corrected chi connectivity index (χ1v) is 7.46. The van der Waals surface area contributed by atoms with E-state index < -0.39 is 0 Å². The van der Waals surface area contributed by atoms with Gasteiger partial charge in [-0.2, -0.15) is 8.75 Å². The Morgan fingerprint density at radius 1 is 1.29 bits per heavy atom. The maximum absolute atomic E-state index is 9.49. The molecule has 0 fully saturated rings. The maximum Gasteiger partial charge on any atom is 0.129 e. The number of fused-ring (bicyclic) bond motifs is 2. The van der Waals surface area contributed by atoms with Gasteiger partial charge in [0.05, 0.1) is 28.5 Å². The van der Waals surface area contributed by atoms with E-state index in [1.54, 1.807) is 18.2 Å². The molecule has 0 saturated carbocycles. The van der Waals surface area contributed by atoms with Crippen LogP contribution in [0.15, 0.2) is 30.3 Å². The lowest BCUT2D eigenvalue weighted by Gasteiger charge is -2.14. The van der Waals surface area contributed by atoms with Crippen LogP contribution in [0.1, 0.15) is 11.6 Å². The number of phenolic OH excluding ortho intramolecular Hbond substituents is 1. The Morgan fingerprint density at radius 3 is 3.10 bits per heavy atom. The van der Waals surface area contributed by atoms with E-state index in [2.05, 4.69) is 14.1 Å². The summed E-state index contributed by atoms with van der Waals surface area (Å²) >= 11 is 7.44. The second-order valence-corrected chi connectivity index (χ2v) is 5.72. The highest BCUT2D eigenvalue weighted by Crippen LogP contribution is 2.39. The fraction of sp³-hybridized carbons (Fsp3) is 0.143. The van der Waals surface area contributed by atoms with Crippen LogP contribution in [-0.2, 0) is 0 Å². The number of hydrogen-bond donors (Lipinski definition) is 2. The molecular formula is C14H10ClN3O2S. The summed E-state index contributed by atoms with van der Waals surface area (Å²) in [6.45, 7) is 0.475. The number of rotatable bonds is 2. The summed E-state index contributed by atoms with van der Waals surface area (Å²) in [4.78, 5) is 0. The highest BCUT2D eigenvalue weighted by Gasteiger charge is 2.26. The number of aromatic nitrogens is 2. The molecule has 21 heavy (non-hydrogen) atoms. The second-order valence-electron chi connectivity index (χ2n) is 4.78. The van der Waals surface area contributed by atoms with Gasteiger partial charge in [-0.25, -0.2) is 0 Å². The summed E-state index contributed by atoms with van der Waals surface area (Å²) in [6.07, 6.45) is 0. The molecule has 0 aliphatic carbocycles. The number of aromatic hydroxyl groups is 1. The van der Waals surface area contributed by atoms with Crippen molar-refractivity contribution >= 4 is 40.0 Å². The molecule has 2 heterocycles. The van der Waals surface area contributed by atoms with E-state index in [0.717, 1.165) is 34.0 Å². The Balaban J connectivity index is 1.74. The highest BCUT2D eigenvalue weighted by atomic mass is 35.5. The molecule has 4 rings (SSSR count). The number of nitrogens with zero attached hydrogens (tertiary/aromatic N) is 2. The molecule has 1 unspecified atom stereocenters. The van der Waals surface area contributed by atoms with Crippen LogP contribution in [0, 0.1) is 0 Å². The number of phenols is 1. The van der Waals surface area contributed by atoms with Gasteiger partial charge in [0.2, 0.25) is 0 Å². The third-order valence-corrected chi connectivity index (χ3v) is 4.33. The molecule has 1 aliphatic heterocycles. The van der Waals surface area contributed by atoms with Gasteiger partial charge < -0.3 is 15.2 Å². The van der Waals surface area contributed by atoms with Gasteiger partial charge in [0.15, 0.2) is 0 Å². The minimum atomic E-state index is -0.0367. The molecule has 1 aromatic heterocycles. The minimum Gasteiger partial charge on any atom is -0.508 e. The number of anilines is 1. The third kappa shape index (κ3) is 2.07. The predicted octanol–water partition coefficient (Wildman–Crippen LogP) is 3.60. The van der Waals surface area contributed by atoms with Gasteiger partial charge in [-0.1, -0.05) is 11.6 Å². The van der Waals surface area contributed by atoms with Crippen LogP contribution in [0.2, 0.25) is 5.02 Å². The lowest BCUT2D eigenvalue weighted by molar-refractivity contribution is 0.338. The van der Waals surface area contributed by atoms with Crippen molar-refractivity contribution in [1.82, 2.24) is 8.75 Å². The number of hydrogen-bond acceptors (Lipinski definition) is 6. The van der Waals surface area contributed by atoms with Gasteiger partial charge in [0.25, 0.3) is 0 Å². The first-order valence-electron chi connectivity index (χ1n) is 6.35. The smallest absolute Gasteiger partial charge is 0.129 e. The van der Waals surface area contributed by atoms with E-state index in [1.165, 1.54) is 0 Å². The molecule has 2 N–H and O–H groups in total. The second kappa shape index (κ2) is 4.75. The van der Waals surface area contributed by atoms with Crippen LogP contribution >= 0.6 is 23.3 Å². The maximum atomic E-state index is 9.49. The Hall–Kier alpha value is -2.05. The number of nitrogens with one attached hydrogen (secondary N) is 1. The van der Waals surface area contributed by atoms with Crippen LogP contribution < -0.4 is 10.1 Å². The molecule has 0 saturated heterocycles. The van der Waals surface area contributed by atoms with Gasteiger partial charge >= 0.3 is 0 Å². The summed E-state index contributed by atoms with van der Waals surface area (Å²) in [5, 5.41) is 13.5. The molecule has 5 nitrogen and oxygen atoms in total. The normalized spacial score (nSPS) is 16.7. The standard InChI is InChI=1S/C14H10ClN3O2S/c15-9-3-4-10-14(18-21-17-10)13(9)16-11-6-20-12-5-7(19)1-2-8(11)12/h1-5,11,16,19H,6H2. The molecule has 0 spiro atoms. The summed E-state index contributed by atoms with van der Waals surface area (Å²) in [5.74, 6) is 0.880. The molecule has 2 aromatic carbocycles. The first-order chi connectivity index (χ1) is 10.2. The van der Waals surface area contributed by atoms with Crippen molar-refractivity contribution in [2.45, 2.75) is 6.04 Å². The topological polar surface area (TPSA) is 67.3 Å². The fourth-order valence-electron chi connectivity index (χ4n) is 2.46. The summed E-state index contributed by atoms with van der Waals surface area (Å²) in [6, 6.07) is 8.73. The molecule has 0 amide bonds. The average Bonchev–Trinajstić information content (AvgIpc) is 3.08. The summed E-state index contributed by atoms with van der Waals surface area (Å²) in [5.41, 5.74) is 3.33. The molecule has 0 bridgehead atoms. The number of ether oxygens (including phenoxy) is 1. The van der Waals surface area contributed by atoms with Crippen LogP contribution in [0.5, 0.6) is 11.5 Å². The van der Waals surface area contributed by atoms with Crippen molar-refractivity contribution in [3.8, 4) is 11.5 Å². The number of benzene rings is 2. The zero-order chi connectivity index (χ0) is 14.4. The zero-order valence-corrected chi connectivity index (χ0v) is 12.3. The fourth-order valence-corrected chi connectivity index (χ4v) is 3.21. The van der Waals surface area contributed by atoms with E-state index in [1.807, 2.05) is 12.1 Å². The lowest BCUT2D eigenvalue weighted by atomic mass is 10.1. The minimum absolute atomic E-state index is 0.0367. The Morgan fingerprint density at radius 2 is 2.19 bits per heavy atom. The molecule has 3 aromatic rings. The Labute approximate surface area is 129 Å². The lowest BCUT2D eigenvalue weighted by Crippen LogP contribution is -2.12. The van der Waals surface area contributed by atoms with Gasteiger partial charge in [0, 0.05) is 11.6 Å². The highest BCUT2D eigenvalue weighted by molar-refractivity contribution is 7.00. The molecule has 0 radical (unpaired) electrons. The van der Waals surface area contributed by atoms with Gasteiger partial charge in [-0.05, 0) is 24.3 Å². The largest absolute Gasteiger partial charge is 0.508 e. The van der Waals surface area contributed by atoms with Gasteiger partial charge in [0.1, 0.15) is 29.1 Å². The quantitative estimate of drug-likeness (QED) is 0.755. The van der Waals surface area contributed by atoms with Crippen LogP contribution in [0.4, 0.5) is 5.69 Å².